The average molecular weight is 529 g/mol. The van der Waals surface area contributed by atoms with Crippen LogP contribution in [0.2, 0.25) is 0 Å². The Kier molecular flexibility index (Phi) is 8.97. The quantitative estimate of drug-likeness (QED) is 0.271. The number of aromatic nitrogens is 1. The first-order valence-corrected chi connectivity index (χ1v) is 11.7. The number of benzene rings is 2. The number of hydrogen-bond donors (Lipinski definition) is 3. The normalized spacial score (nSPS) is 12.0. The van der Waals surface area contributed by atoms with Gasteiger partial charge in [0.25, 0.3) is 5.91 Å². The topological polar surface area (TPSA) is 110 Å². The Balaban J connectivity index is 1.88. The highest BCUT2D eigenvalue weighted by Crippen LogP contribution is 2.32. The molecule has 202 valence electrons. The molecule has 1 aromatic heterocycles. The third-order valence-electron chi connectivity index (χ3n) is 5.88. The van der Waals surface area contributed by atoms with Crippen molar-refractivity contribution in [1.29, 1.82) is 0 Å². The van der Waals surface area contributed by atoms with Crippen LogP contribution in [-0.2, 0) is 12.7 Å². The van der Waals surface area contributed by atoms with E-state index in [1.54, 1.807) is 44.6 Å². The molecule has 38 heavy (non-hydrogen) atoms. The average Bonchev–Trinajstić information content (AvgIpc) is 2.88. The molecule has 5 N–H and O–H groups in total. The first-order valence-electron chi connectivity index (χ1n) is 11.7. The predicted molar refractivity (Wildman–Crippen MR) is 142 cm³/mol. The van der Waals surface area contributed by atoms with E-state index in [2.05, 4.69) is 10.3 Å². The number of nitrogens with zero attached hydrogens (tertiary/aromatic N) is 3. The number of ether oxygens (including phenoxy) is 1. The van der Waals surface area contributed by atoms with E-state index in [-0.39, 0.29) is 11.3 Å². The van der Waals surface area contributed by atoms with Crippen LogP contribution in [0, 0.1) is 6.92 Å². The lowest BCUT2D eigenvalue weighted by molar-refractivity contribution is -0.137. The summed E-state index contributed by atoms with van der Waals surface area (Å²) in [5.74, 6) is 6.18. The minimum absolute atomic E-state index is 0.0470. The number of hydrogen-bond acceptors (Lipinski definition) is 7. The molecule has 3 aromatic rings. The molecule has 0 unspecified atom stereocenters. The van der Waals surface area contributed by atoms with E-state index < -0.39 is 17.6 Å². The van der Waals surface area contributed by atoms with E-state index in [0.29, 0.717) is 41.4 Å². The fourth-order valence-electron chi connectivity index (χ4n) is 3.66. The fourth-order valence-corrected chi connectivity index (χ4v) is 3.66. The third kappa shape index (κ3) is 7.24. The predicted octanol–water partition coefficient (Wildman–Crippen LogP) is 4.76. The van der Waals surface area contributed by atoms with E-state index in [9.17, 15) is 18.0 Å². The van der Waals surface area contributed by atoms with Crippen LogP contribution in [0.5, 0.6) is 5.75 Å². The summed E-state index contributed by atoms with van der Waals surface area (Å²) >= 11 is 0. The van der Waals surface area contributed by atoms with E-state index in [1.165, 1.54) is 30.5 Å². The van der Waals surface area contributed by atoms with Gasteiger partial charge in [0.15, 0.2) is 0 Å². The molecule has 2 aromatic carbocycles. The maximum atomic E-state index is 13.5. The molecule has 8 nitrogen and oxygen atoms in total. The summed E-state index contributed by atoms with van der Waals surface area (Å²) in [6, 6.07) is 10.0. The number of aryl methyl sites for hydroxylation is 1. The van der Waals surface area contributed by atoms with Gasteiger partial charge < -0.3 is 20.7 Å². The van der Waals surface area contributed by atoms with Gasteiger partial charge in [0.1, 0.15) is 5.75 Å². The lowest BCUT2D eigenvalue weighted by atomic mass is 10.1. The minimum Gasteiger partial charge on any atom is -0.495 e. The Morgan fingerprint density at radius 1 is 1.13 bits per heavy atom. The molecule has 1 amide bonds. The van der Waals surface area contributed by atoms with Gasteiger partial charge in [-0.05, 0) is 68.0 Å². The first-order chi connectivity index (χ1) is 17.9. The second-order valence-electron chi connectivity index (χ2n) is 8.81. The molecule has 0 saturated heterocycles. The maximum Gasteiger partial charge on any atom is 0.416 e. The molecule has 0 radical (unpaired) electrons. The van der Waals surface area contributed by atoms with E-state index in [1.807, 2.05) is 11.8 Å². The van der Waals surface area contributed by atoms with Crippen molar-refractivity contribution in [3.05, 3.63) is 88.9 Å². The summed E-state index contributed by atoms with van der Waals surface area (Å²) in [7, 11) is 3.32. The number of amides is 1. The number of methoxy groups -OCH3 is 1. The van der Waals surface area contributed by atoms with Gasteiger partial charge in [0.05, 0.1) is 30.3 Å². The zero-order chi connectivity index (χ0) is 28.0. The highest BCUT2D eigenvalue weighted by molar-refractivity contribution is 6.05. The van der Waals surface area contributed by atoms with Gasteiger partial charge >= 0.3 is 6.18 Å². The number of hydrazine groups is 1. The summed E-state index contributed by atoms with van der Waals surface area (Å²) in [6.07, 6.45) is 0.0187. The van der Waals surface area contributed by atoms with E-state index in [4.69, 9.17) is 16.3 Å². The molecule has 0 fully saturated rings. The van der Waals surface area contributed by atoms with Crippen molar-refractivity contribution in [2.75, 3.05) is 31.0 Å². The molecule has 0 aliphatic carbocycles. The SMILES string of the molecule is CCN(C)Cc1cc(NC(=O)c2ccc(C)c(N(N)/C=C(\N)c3cncc(OC)c3)c2)cc(C(F)(F)F)c1. The van der Waals surface area contributed by atoms with E-state index >= 15 is 0 Å². The Morgan fingerprint density at radius 3 is 2.53 bits per heavy atom. The first kappa shape index (κ1) is 28.5. The number of anilines is 2. The molecular weight excluding hydrogens is 497 g/mol. The Bertz CT molecular complexity index is 1330. The maximum absolute atomic E-state index is 13.5. The van der Waals surface area contributed by atoms with Crippen LogP contribution in [0.3, 0.4) is 0 Å². The molecule has 0 saturated carbocycles. The van der Waals surface area contributed by atoms with Gasteiger partial charge in [-0.2, -0.15) is 13.2 Å². The highest BCUT2D eigenvalue weighted by Gasteiger charge is 2.31. The molecule has 1 heterocycles. The van der Waals surface area contributed by atoms with Crippen LogP contribution in [-0.4, -0.2) is 36.5 Å². The number of alkyl halides is 3. The lowest BCUT2D eigenvalue weighted by Gasteiger charge is -2.19. The van der Waals surface area contributed by atoms with E-state index in [0.717, 1.165) is 17.7 Å². The molecule has 11 heteroatoms. The summed E-state index contributed by atoms with van der Waals surface area (Å²) in [5, 5.41) is 3.86. The largest absolute Gasteiger partial charge is 0.495 e. The summed E-state index contributed by atoms with van der Waals surface area (Å²) in [4.78, 5) is 19.0. The van der Waals surface area contributed by atoms with Crippen molar-refractivity contribution in [3.63, 3.8) is 0 Å². The highest BCUT2D eigenvalue weighted by atomic mass is 19.4. The fraction of sp³-hybridized carbons (Fsp3) is 0.259. The summed E-state index contributed by atoms with van der Waals surface area (Å²) in [6.45, 7) is 4.67. The van der Waals surface area contributed by atoms with Gasteiger partial charge in [-0.3, -0.25) is 14.8 Å². The van der Waals surface area contributed by atoms with Gasteiger partial charge in [0.2, 0.25) is 0 Å². The van der Waals surface area contributed by atoms with Crippen LogP contribution in [0.4, 0.5) is 24.5 Å². The molecule has 0 bridgehead atoms. The number of halogens is 3. The van der Waals surface area contributed by atoms with Crippen LogP contribution >= 0.6 is 0 Å². The number of carbonyl (C=O) groups excluding carboxylic acids is 1. The number of rotatable bonds is 9. The van der Waals surface area contributed by atoms with Gasteiger partial charge in [-0.1, -0.05) is 13.0 Å². The van der Waals surface area contributed by atoms with Crippen LogP contribution in [0.15, 0.2) is 61.1 Å². The van der Waals surface area contributed by atoms with Crippen molar-refractivity contribution in [1.82, 2.24) is 9.88 Å². The van der Waals surface area contributed by atoms with Crippen molar-refractivity contribution >= 4 is 23.0 Å². The Morgan fingerprint density at radius 2 is 1.87 bits per heavy atom. The molecule has 0 aliphatic heterocycles. The summed E-state index contributed by atoms with van der Waals surface area (Å²) < 4.78 is 45.7. The molecule has 0 atom stereocenters. The van der Waals surface area contributed by atoms with Crippen LogP contribution in [0.1, 0.15) is 39.5 Å². The molecule has 0 aliphatic rings. The van der Waals surface area contributed by atoms with Gasteiger partial charge in [-0.25, -0.2) is 5.84 Å². The van der Waals surface area contributed by atoms with Crippen LogP contribution in [0.25, 0.3) is 5.70 Å². The Labute approximate surface area is 219 Å². The Hall–Kier alpha value is -4.09. The zero-order valence-electron chi connectivity index (χ0n) is 21.6. The van der Waals surface area contributed by atoms with Gasteiger partial charge in [-0.15, -0.1) is 0 Å². The van der Waals surface area contributed by atoms with Gasteiger partial charge in [0, 0.05) is 35.8 Å². The van der Waals surface area contributed by atoms with Crippen molar-refractivity contribution in [2.45, 2.75) is 26.6 Å². The second kappa shape index (κ2) is 12.0. The molecule has 0 spiro atoms. The molecular formula is C27H31F3N6O2. The monoisotopic (exact) mass is 528 g/mol. The second-order valence-corrected chi connectivity index (χ2v) is 8.81. The minimum atomic E-state index is -4.55. The molecule has 3 rings (SSSR count). The standard InChI is InChI=1S/C27H31F3N6O2/c1-5-35(3)15-18-8-21(27(28,29)30)12-22(9-18)34-26(37)19-7-6-17(2)25(11-19)36(32)16-24(31)20-10-23(38-4)14-33-13-20/h6-14,16H,5,15,31-32H2,1-4H3,(H,34,37)/b24-16-. The summed E-state index contributed by atoms with van der Waals surface area (Å²) in [5.41, 5.74) is 8.16. The number of carbonyl (C=O) groups is 1. The van der Waals surface area contributed by atoms with Crippen molar-refractivity contribution in [2.24, 2.45) is 11.6 Å². The third-order valence-corrected chi connectivity index (χ3v) is 5.88. The zero-order valence-corrected chi connectivity index (χ0v) is 21.6. The van der Waals surface area contributed by atoms with Crippen LogP contribution < -0.4 is 26.6 Å². The number of nitrogens with one attached hydrogen (secondary N) is 1. The smallest absolute Gasteiger partial charge is 0.416 e. The number of nitrogens with two attached hydrogens (primary N) is 2. The van der Waals surface area contributed by atoms with Crippen molar-refractivity contribution in [3.8, 4) is 5.75 Å². The van der Waals surface area contributed by atoms with Crippen molar-refractivity contribution < 1.29 is 22.7 Å². The lowest BCUT2D eigenvalue weighted by Crippen LogP contribution is -2.27. The number of pyridine rings is 1.